The fourth-order valence-corrected chi connectivity index (χ4v) is 2.68. The first-order chi connectivity index (χ1) is 12.2. The second kappa shape index (κ2) is 8.56. The van der Waals surface area contributed by atoms with Crippen molar-refractivity contribution >= 4 is 39.3 Å². The van der Waals surface area contributed by atoms with Crippen LogP contribution in [0.5, 0.6) is 5.75 Å². The van der Waals surface area contributed by atoms with E-state index in [-0.39, 0.29) is 12.0 Å². The molecule has 2 aromatic rings. The Morgan fingerprint density at radius 2 is 1.73 bits per heavy atom. The van der Waals surface area contributed by atoms with Gasteiger partial charge < -0.3 is 4.74 Å². The van der Waals surface area contributed by atoms with Gasteiger partial charge in [-0.15, -0.1) is 0 Å². The highest BCUT2D eigenvalue weighted by Crippen LogP contribution is 2.33. The molecule has 0 aliphatic rings. The quantitative estimate of drug-likeness (QED) is 0.700. The number of halogens is 2. The van der Waals surface area contributed by atoms with Gasteiger partial charge >= 0.3 is 0 Å². The van der Waals surface area contributed by atoms with Crippen molar-refractivity contribution in [2.75, 3.05) is 6.61 Å². The molecule has 0 aromatic heterocycles. The highest BCUT2D eigenvalue weighted by atomic mass is 79.9. The lowest BCUT2D eigenvalue weighted by molar-refractivity contribution is -0.123. The van der Waals surface area contributed by atoms with Gasteiger partial charge in [0.1, 0.15) is 5.75 Å². The Bertz CT molecular complexity index is 801. The summed E-state index contributed by atoms with van der Waals surface area (Å²) in [5.41, 5.74) is 5.89. The largest absolute Gasteiger partial charge is 0.483 e. The normalized spacial score (nSPS) is 11.0. The molecular weight excluding hydrogens is 420 g/mol. The Balaban J connectivity index is 1.91. The average Bonchev–Trinajstić information content (AvgIpc) is 2.58. The zero-order chi connectivity index (χ0) is 19.3. The summed E-state index contributed by atoms with van der Waals surface area (Å²) in [6, 6.07) is 12.0. The Hall–Kier alpha value is -2.05. The minimum Gasteiger partial charge on any atom is -0.483 e. The number of rotatable bonds is 4. The molecule has 0 fully saturated rings. The predicted octanol–water partition coefficient (Wildman–Crippen LogP) is 4.24. The molecule has 0 spiro atoms. The van der Waals surface area contributed by atoms with Gasteiger partial charge in [0, 0.05) is 20.6 Å². The summed E-state index contributed by atoms with van der Waals surface area (Å²) in [6.07, 6.45) is 0. The Morgan fingerprint density at radius 3 is 2.35 bits per heavy atom. The van der Waals surface area contributed by atoms with Crippen LogP contribution in [0.15, 0.2) is 46.9 Å². The number of amides is 2. The maximum Gasteiger partial charge on any atom is 0.276 e. The number of hydrogen-bond acceptors (Lipinski definition) is 3. The van der Waals surface area contributed by atoms with Crippen LogP contribution in [0.1, 0.15) is 36.7 Å². The van der Waals surface area contributed by atoms with E-state index >= 15 is 0 Å². The Labute approximate surface area is 166 Å². The number of carbonyl (C=O) groups is 2. The molecule has 2 amide bonds. The van der Waals surface area contributed by atoms with Gasteiger partial charge in [0.2, 0.25) is 0 Å². The van der Waals surface area contributed by atoms with Gasteiger partial charge in [-0.05, 0) is 47.9 Å². The van der Waals surface area contributed by atoms with Gasteiger partial charge in [-0.25, -0.2) is 0 Å². The van der Waals surface area contributed by atoms with E-state index in [1.165, 1.54) is 0 Å². The fraction of sp³-hybridized carbons (Fsp3) is 0.263. The van der Waals surface area contributed by atoms with E-state index in [1.54, 1.807) is 24.3 Å². The highest BCUT2D eigenvalue weighted by Gasteiger charge is 2.20. The molecule has 2 rings (SSSR count). The van der Waals surface area contributed by atoms with Crippen LogP contribution < -0.4 is 15.6 Å². The standard InChI is InChI=1S/C19H20BrClN2O3/c1-19(2,3)15-10-13(20)6-9-16(15)26-11-17(24)22-23-18(25)12-4-7-14(21)8-5-12/h4-10H,11H2,1-3H3,(H,22,24)(H,23,25). The molecule has 0 aliphatic carbocycles. The van der Waals surface area contributed by atoms with Crippen molar-refractivity contribution in [3.05, 3.63) is 63.1 Å². The number of hydrogen-bond donors (Lipinski definition) is 2. The first kappa shape index (κ1) is 20.3. The SMILES string of the molecule is CC(C)(C)c1cc(Br)ccc1OCC(=O)NNC(=O)c1ccc(Cl)cc1. The first-order valence-corrected chi connectivity index (χ1v) is 9.11. The number of hydrazine groups is 1. The second-order valence-corrected chi connectivity index (χ2v) is 8.04. The van der Waals surface area contributed by atoms with E-state index in [4.69, 9.17) is 16.3 Å². The fourth-order valence-electron chi connectivity index (χ4n) is 2.19. The predicted molar refractivity (Wildman–Crippen MR) is 105 cm³/mol. The van der Waals surface area contributed by atoms with Gasteiger partial charge in [-0.1, -0.05) is 48.3 Å². The van der Waals surface area contributed by atoms with E-state index in [2.05, 4.69) is 47.6 Å². The molecule has 2 aromatic carbocycles. The summed E-state index contributed by atoms with van der Waals surface area (Å²) in [5.74, 6) is -0.274. The van der Waals surface area contributed by atoms with Crippen LogP contribution in [-0.2, 0) is 10.2 Å². The van der Waals surface area contributed by atoms with Crippen LogP contribution in [-0.4, -0.2) is 18.4 Å². The summed E-state index contributed by atoms with van der Waals surface area (Å²) in [5, 5.41) is 0.531. The zero-order valence-corrected chi connectivity index (χ0v) is 17.1. The van der Waals surface area contributed by atoms with Crippen LogP contribution in [0, 0.1) is 0 Å². The van der Waals surface area contributed by atoms with E-state index in [0.717, 1.165) is 10.0 Å². The minimum atomic E-state index is -0.463. The maximum atomic E-state index is 12.0. The molecule has 7 heteroatoms. The molecule has 5 nitrogen and oxygen atoms in total. The van der Waals surface area contributed by atoms with E-state index < -0.39 is 11.8 Å². The number of ether oxygens (including phenoxy) is 1. The third-order valence-electron chi connectivity index (χ3n) is 3.53. The molecule has 2 N–H and O–H groups in total. The highest BCUT2D eigenvalue weighted by molar-refractivity contribution is 9.10. The third-order valence-corrected chi connectivity index (χ3v) is 4.28. The van der Waals surface area contributed by atoms with E-state index in [1.807, 2.05) is 18.2 Å². The van der Waals surface area contributed by atoms with Crippen molar-refractivity contribution in [1.29, 1.82) is 0 Å². The van der Waals surface area contributed by atoms with Crippen molar-refractivity contribution in [1.82, 2.24) is 10.9 Å². The molecule has 0 saturated carbocycles. The lowest BCUT2D eigenvalue weighted by Gasteiger charge is -2.23. The van der Waals surface area contributed by atoms with Crippen molar-refractivity contribution in [2.45, 2.75) is 26.2 Å². The lowest BCUT2D eigenvalue weighted by Crippen LogP contribution is -2.43. The summed E-state index contributed by atoms with van der Waals surface area (Å²) < 4.78 is 6.57. The van der Waals surface area contributed by atoms with Gasteiger partial charge in [0.15, 0.2) is 6.61 Å². The second-order valence-electron chi connectivity index (χ2n) is 6.69. The molecule has 0 heterocycles. The van der Waals surface area contributed by atoms with Crippen LogP contribution in [0.2, 0.25) is 5.02 Å². The number of benzene rings is 2. The number of nitrogens with one attached hydrogen (secondary N) is 2. The smallest absolute Gasteiger partial charge is 0.276 e. The maximum absolute atomic E-state index is 12.0. The van der Waals surface area contributed by atoms with Crippen molar-refractivity contribution in [3.63, 3.8) is 0 Å². The molecule has 0 radical (unpaired) electrons. The topological polar surface area (TPSA) is 67.4 Å². The van der Waals surface area contributed by atoms with Crippen molar-refractivity contribution in [2.24, 2.45) is 0 Å². The first-order valence-electron chi connectivity index (χ1n) is 7.94. The van der Waals surface area contributed by atoms with Gasteiger partial charge in [-0.2, -0.15) is 0 Å². The van der Waals surface area contributed by atoms with E-state index in [0.29, 0.717) is 16.3 Å². The summed E-state index contributed by atoms with van der Waals surface area (Å²) in [6.45, 7) is 5.97. The monoisotopic (exact) mass is 438 g/mol. The summed E-state index contributed by atoms with van der Waals surface area (Å²) in [4.78, 5) is 23.9. The molecule has 0 bridgehead atoms. The Morgan fingerprint density at radius 1 is 1.08 bits per heavy atom. The molecular formula is C19H20BrClN2O3. The lowest BCUT2D eigenvalue weighted by atomic mass is 9.86. The zero-order valence-electron chi connectivity index (χ0n) is 14.7. The molecule has 0 aliphatic heterocycles. The third kappa shape index (κ3) is 5.75. The van der Waals surface area contributed by atoms with Crippen LogP contribution >= 0.6 is 27.5 Å². The minimum absolute atomic E-state index is 0.140. The molecule has 138 valence electrons. The van der Waals surface area contributed by atoms with Crippen LogP contribution in [0.3, 0.4) is 0 Å². The van der Waals surface area contributed by atoms with E-state index in [9.17, 15) is 9.59 Å². The van der Waals surface area contributed by atoms with Gasteiger partial charge in [0.05, 0.1) is 0 Å². The van der Waals surface area contributed by atoms with Crippen LogP contribution in [0.25, 0.3) is 0 Å². The van der Waals surface area contributed by atoms with Crippen LogP contribution in [0.4, 0.5) is 0 Å². The number of carbonyl (C=O) groups excluding carboxylic acids is 2. The average molecular weight is 440 g/mol. The molecule has 26 heavy (non-hydrogen) atoms. The van der Waals surface area contributed by atoms with Crippen molar-refractivity contribution < 1.29 is 14.3 Å². The van der Waals surface area contributed by atoms with Gasteiger partial charge in [0.25, 0.3) is 11.8 Å². The molecule has 0 unspecified atom stereocenters. The molecule has 0 saturated heterocycles. The van der Waals surface area contributed by atoms with Gasteiger partial charge in [-0.3, -0.25) is 20.4 Å². The summed E-state index contributed by atoms with van der Waals surface area (Å²) in [7, 11) is 0. The Kier molecular flexibility index (Phi) is 6.67. The molecule has 0 atom stereocenters. The summed E-state index contributed by atoms with van der Waals surface area (Å²) >= 11 is 9.22. The van der Waals surface area contributed by atoms with Crippen molar-refractivity contribution in [3.8, 4) is 5.75 Å².